The van der Waals surface area contributed by atoms with Crippen LogP contribution in [0, 0.1) is 0 Å². The molecule has 1 aromatic heterocycles. The fourth-order valence-corrected chi connectivity index (χ4v) is 2.67. The largest absolute Gasteiger partial charge is 0.481 e. The van der Waals surface area contributed by atoms with E-state index in [1.165, 1.54) is 0 Å². The van der Waals surface area contributed by atoms with E-state index < -0.39 is 5.97 Å². The number of aliphatic carboxylic acids is 1. The second kappa shape index (κ2) is 5.69. The predicted octanol–water partition coefficient (Wildman–Crippen LogP) is 3.27. The van der Waals surface area contributed by atoms with Gasteiger partial charge in [-0.2, -0.15) is 8.75 Å². The number of carboxylic acid groups (broad SMARTS) is 1. The highest BCUT2D eigenvalue weighted by Gasteiger charge is 2.13. The smallest absolute Gasteiger partial charge is 0.303 e. The molecule has 0 atom stereocenters. The molecule has 0 spiro atoms. The van der Waals surface area contributed by atoms with Crippen LogP contribution in [0.25, 0.3) is 11.0 Å². The second-order valence-corrected chi connectivity index (χ2v) is 4.94. The molecule has 0 radical (unpaired) electrons. The van der Waals surface area contributed by atoms with Gasteiger partial charge >= 0.3 is 5.97 Å². The van der Waals surface area contributed by atoms with Crippen LogP contribution in [-0.4, -0.2) is 26.4 Å². The molecule has 8 heteroatoms. The van der Waals surface area contributed by atoms with E-state index in [1.807, 2.05) is 0 Å². The van der Waals surface area contributed by atoms with Gasteiger partial charge in [-0.15, -0.1) is 0 Å². The molecule has 0 aliphatic heterocycles. The lowest BCUT2D eigenvalue weighted by atomic mass is 10.2. The van der Waals surface area contributed by atoms with E-state index in [1.54, 1.807) is 6.07 Å². The van der Waals surface area contributed by atoms with Crippen molar-refractivity contribution >= 4 is 57.6 Å². The van der Waals surface area contributed by atoms with Crippen molar-refractivity contribution in [3.63, 3.8) is 0 Å². The van der Waals surface area contributed by atoms with Gasteiger partial charge in [-0.25, -0.2) is 0 Å². The first-order chi connectivity index (χ1) is 8.59. The van der Waals surface area contributed by atoms with Crippen LogP contribution in [0.3, 0.4) is 0 Å². The lowest BCUT2D eigenvalue weighted by Gasteiger charge is -2.08. The molecule has 2 aromatic rings. The number of nitrogens with zero attached hydrogens (tertiary/aromatic N) is 2. The quantitative estimate of drug-likeness (QED) is 0.829. The summed E-state index contributed by atoms with van der Waals surface area (Å²) in [5.41, 5.74) is 1.87. The Kier molecular flexibility index (Phi) is 4.21. The molecular weight excluding hydrogens is 297 g/mol. The van der Waals surface area contributed by atoms with Crippen LogP contribution in [0.1, 0.15) is 12.8 Å². The Balaban J connectivity index is 2.17. The van der Waals surface area contributed by atoms with Gasteiger partial charge in [0.1, 0.15) is 11.0 Å². The first kappa shape index (κ1) is 13.3. The summed E-state index contributed by atoms with van der Waals surface area (Å²) < 4.78 is 8.22. The number of carbonyl (C=O) groups is 1. The maximum absolute atomic E-state index is 10.4. The van der Waals surface area contributed by atoms with Crippen molar-refractivity contribution in [3.8, 4) is 0 Å². The molecule has 0 unspecified atom stereocenters. The van der Waals surface area contributed by atoms with E-state index in [0.29, 0.717) is 39.7 Å². The Labute approximate surface area is 117 Å². The fraction of sp³-hybridized carbons (Fsp3) is 0.300. The molecule has 5 nitrogen and oxygen atoms in total. The van der Waals surface area contributed by atoms with E-state index in [-0.39, 0.29) is 6.42 Å². The van der Waals surface area contributed by atoms with Gasteiger partial charge in [-0.1, -0.05) is 23.2 Å². The Hall–Kier alpha value is -1.11. The molecule has 1 heterocycles. The Morgan fingerprint density at radius 1 is 1.33 bits per heavy atom. The summed E-state index contributed by atoms with van der Waals surface area (Å²) in [5.74, 6) is -0.820. The Morgan fingerprint density at radius 2 is 2.06 bits per heavy atom. The number of fused-ring (bicyclic) bond motifs is 1. The molecule has 0 amide bonds. The highest BCUT2D eigenvalue weighted by Crippen LogP contribution is 2.35. The third kappa shape index (κ3) is 2.82. The molecule has 2 rings (SSSR count). The number of anilines is 1. The average molecular weight is 306 g/mol. The standard InChI is InChI=1S/C10H9Cl2N3O2S/c11-5-4-6(12)9-10(15-18-14-9)8(5)13-3-1-2-7(16)17/h4,13H,1-3H2,(H,16,17). The summed E-state index contributed by atoms with van der Waals surface area (Å²) in [6.45, 7) is 0.500. The van der Waals surface area contributed by atoms with E-state index in [0.717, 1.165) is 11.7 Å². The third-order valence-corrected chi connectivity index (χ3v) is 3.43. The number of rotatable bonds is 5. The van der Waals surface area contributed by atoms with Crippen LogP contribution in [0.5, 0.6) is 0 Å². The summed E-state index contributed by atoms with van der Waals surface area (Å²) in [7, 11) is 0. The van der Waals surface area contributed by atoms with Crippen molar-refractivity contribution in [2.45, 2.75) is 12.8 Å². The maximum atomic E-state index is 10.4. The van der Waals surface area contributed by atoms with Gasteiger partial charge in [0, 0.05) is 13.0 Å². The normalized spacial score (nSPS) is 10.8. The lowest BCUT2D eigenvalue weighted by molar-refractivity contribution is -0.137. The third-order valence-electron chi connectivity index (χ3n) is 2.31. The zero-order valence-corrected chi connectivity index (χ0v) is 11.4. The maximum Gasteiger partial charge on any atom is 0.303 e. The summed E-state index contributed by atoms with van der Waals surface area (Å²) in [6.07, 6.45) is 0.615. The van der Waals surface area contributed by atoms with Crippen molar-refractivity contribution in [2.24, 2.45) is 0 Å². The predicted molar refractivity (Wildman–Crippen MR) is 72.8 cm³/mol. The average Bonchev–Trinajstić information content (AvgIpc) is 2.76. The molecule has 0 saturated carbocycles. The number of hydrogen-bond donors (Lipinski definition) is 2. The number of halogens is 2. The second-order valence-electron chi connectivity index (χ2n) is 3.60. The van der Waals surface area contributed by atoms with Crippen LogP contribution in [0.15, 0.2) is 6.07 Å². The first-order valence-corrected chi connectivity index (χ1v) is 6.64. The molecule has 0 saturated heterocycles. The van der Waals surface area contributed by atoms with Crippen LogP contribution >= 0.6 is 34.9 Å². The molecule has 0 fully saturated rings. The van der Waals surface area contributed by atoms with Gasteiger partial charge in [-0.3, -0.25) is 4.79 Å². The SMILES string of the molecule is O=C(O)CCCNc1c(Cl)cc(Cl)c2nsnc12. The number of hydrogen-bond acceptors (Lipinski definition) is 5. The topological polar surface area (TPSA) is 75.1 Å². The minimum Gasteiger partial charge on any atom is -0.481 e. The van der Waals surface area contributed by atoms with Crippen molar-refractivity contribution in [1.82, 2.24) is 8.75 Å². The van der Waals surface area contributed by atoms with Crippen LogP contribution in [0.2, 0.25) is 10.0 Å². The Bertz CT molecular complexity index is 588. The van der Waals surface area contributed by atoms with E-state index >= 15 is 0 Å². The van der Waals surface area contributed by atoms with Crippen LogP contribution < -0.4 is 5.32 Å². The van der Waals surface area contributed by atoms with Gasteiger partial charge in [0.15, 0.2) is 0 Å². The van der Waals surface area contributed by atoms with Crippen LogP contribution in [-0.2, 0) is 4.79 Å². The number of aromatic nitrogens is 2. The summed E-state index contributed by atoms with van der Waals surface area (Å²) in [5, 5.41) is 12.5. The number of carboxylic acids is 1. The monoisotopic (exact) mass is 305 g/mol. The summed E-state index contributed by atoms with van der Waals surface area (Å²) >= 11 is 13.1. The van der Waals surface area contributed by atoms with E-state index in [4.69, 9.17) is 28.3 Å². The molecule has 1 aromatic carbocycles. The zero-order valence-electron chi connectivity index (χ0n) is 9.11. The van der Waals surface area contributed by atoms with Gasteiger partial charge in [-0.05, 0) is 12.5 Å². The van der Waals surface area contributed by atoms with Gasteiger partial charge < -0.3 is 10.4 Å². The molecule has 2 N–H and O–H groups in total. The highest BCUT2D eigenvalue weighted by atomic mass is 35.5. The van der Waals surface area contributed by atoms with Gasteiger partial charge in [0.05, 0.1) is 27.5 Å². The van der Waals surface area contributed by atoms with Crippen molar-refractivity contribution in [3.05, 3.63) is 16.1 Å². The molecule has 0 aliphatic rings. The lowest BCUT2D eigenvalue weighted by Crippen LogP contribution is -2.05. The van der Waals surface area contributed by atoms with Crippen molar-refractivity contribution in [1.29, 1.82) is 0 Å². The highest BCUT2D eigenvalue weighted by molar-refractivity contribution is 7.00. The first-order valence-electron chi connectivity index (χ1n) is 5.15. The van der Waals surface area contributed by atoms with E-state index in [9.17, 15) is 4.79 Å². The van der Waals surface area contributed by atoms with Gasteiger partial charge in [0.2, 0.25) is 0 Å². The molecule has 96 valence electrons. The Morgan fingerprint density at radius 3 is 2.78 bits per heavy atom. The minimum absolute atomic E-state index is 0.108. The fourth-order valence-electron chi connectivity index (χ4n) is 1.50. The van der Waals surface area contributed by atoms with E-state index in [2.05, 4.69) is 14.1 Å². The molecule has 0 bridgehead atoms. The summed E-state index contributed by atoms with van der Waals surface area (Å²) in [6, 6.07) is 1.60. The minimum atomic E-state index is -0.820. The molecular formula is C10H9Cl2N3O2S. The molecule has 0 aliphatic carbocycles. The zero-order chi connectivity index (χ0) is 13.1. The van der Waals surface area contributed by atoms with Crippen LogP contribution in [0.4, 0.5) is 5.69 Å². The van der Waals surface area contributed by atoms with Crippen molar-refractivity contribution in [2.75, 3.05) is 11.9 Å². The van der Waals surface area contributed by atoms with Gasteiger partial charge in [0.25, 0.3) is 0 Å². The van der Waals surface area contributed by atoms with Crippen molar-refractivity contribution < 1.29 is 9.90 Å². The number of benzene rings is 1. The summed E-state index contributed by atoms with van der Waals surface area (Å²) in [4.78, 5) is 10.4. The molecule has 18 heavy (non-hydrogen) atoms. The number of nitrogens with one attached hydrogen (secondary N) is 1.